The smallest absolute Gasteiger partial charge is 0.323 e. The summed E-state index contributed by atoms with van der Waals surface area (Å²) in [6, 6.07) is 4.75. The highest BCUT2D eigenvalue weighted by molar-refractivity contribution is 14.1. The number of halogens is 1. The summed E-state index contributed by atoms with van der Waals surface area (Å²) in [6.45, 7) is -0.0710. The van der Waals surface area contributed by atoms with Crippen molar-refractivity contribution in [3.63, 3.8) is 0 Å². The maximum atomic E-state index is 10.8. The average Bonchev–Trinajstić information content (AvgIpc) is 3.09. The Balaban J connectivity index is 2.30. The molecule has 0 aromatic heterocycles. The minimum absolute atomic E-state index is 0.0224. The van der Waals surface area contributed by atoms with Crippen LogP contribution in [0.4, 0.5) is 11.4 Å². The number of non-ortho nitro benzene ring substituents is 1. The summed E-state index contributed by atoms with van der Waals surface area (Å²) >= 11 is 2.00. The quantitative estimate of drug-likeness (QED) is 0.494. The van der Waals surface area contributed by atoms with Crippen LogP contribution in [0.15, 0.2) is 18.2 Å². The second kappa shape index (κ2) is 5.09. The van der Waals surface area contributed by atoms with Gasteiger partial charge < -0.3 is 10.0 Å². The summed E-state index contributed by atoms with van der Waals surface area (Å²) in [7, 11) is 0. The molecule has 0 saturated heterocycles. The normalized spacial score (nSPS) is 14.3. The molecule has 1 fully saturated rings. The summed E-state index contributed by atoms with van der Waals surface area (Å²) in [4.78, 5) is 22.8. The van der Waals surface area contributed by atoms with Crippen LogP contribution in [-0.2, 0) is 4.79 Å². The third kappa shape index (κ3) is 2.89. The van der Waals surface area contributed by atoms with Crippen LogP contribution in [0.3, 0.4) is 0 Å². The van der Waals surface area contributed by atoms with Gasteiger partial charge in [0.1, 0.15) is 6.54 Å². The van der Waals surface area contributed by atoms with Crippen LogP contribution in [0.2, 0.25) is 0 Å². The first kappa shape index (κ1) is 13.1. The molecule has 7 heteroatoms. The number of hydrogen-bond donors (Lipinski definition) is 1. The van der Waals surface area contributed by atoms with E-state index in [1.165, 1.54) is 12.1 Å². The number of aliphatic carboxylic acids is 1. The van der Waals surface area contributed by atoms with Gasteiger partial charge in [0.25, 0.3) is 5.69 Å². The van der Waals surface area contributed by atoms with Gasteiger partial charge >= 0.3 is 5.97 Å². The molecule has 0 heterocycles. The number of nitrogens with zero attached hydrogens (tertiary/aromatic N) is 2. The number of hydrogen-bond acceptors (Lipinski definition) is 4. The van der Waals surface area contributed by atoms with E-state index in [2.05, 4.69) is 0 Å². The van der Waals surface area contributed by atoms with E-state index in [1.807, 2.05) is 22.6 Å². The van der Waals surface area contributed by atoms with Crippen LogP contribution in [0.1, 0.15) is 12.8 Å². The molecule has 1 saturated carbocycles. The second-order valence-electron chi connectivity index (χ2n) is 4.15. The molecular weight excluding hydrogens is 351 g/mol. The first-order valence-corrected chi connectivity index (χ1v) is 6.49. The molecule has 6 nitrogen and oxygen atoms in total. The molecule has 0 unspecified atom stereocenters. The lowest BCUT2D eigenvalue weighted by Gasteiger charge is -2.23. The summed E-state index contributed by atoms with van der Waals surface area (Å²) in [5, 5.41) is 19.6. The molecule has 1 aliphatic rings. The standard InChI is InChI=1S/C11H11IN2O4/c12-9-5-8(14(17)18)3-4-10(9)13(6-11(15)16)7-1-2-7/h3-5,7H,1-2,6H2,(H,15,16). The average molecular weight is 362 g/mol. The summed E-state index contributed by atoms with van der Waals surface area (Å²) in [5.41, 5.74) is 0.778. The fourth-order valence-electron chi connectivity index (χ4n) is 1.79. The molecule has 0 spiro atoms. The molecule has 0 amide bonds. The lowest BCUT2D eigenvalue weighted by molar-refractivity contribution is -0.384. The van der Waals surface area contributed by atoms with E-state index in [9.17, 15) is 14.9 Å². The number of nitro benzene ring substituents is 1. The Bertz CT molecular complexity index is 502. The number of carbonyl (C=O) groups is 1. The molecule has 0 atom stereocenters. The number of carboxylic acids is 1. The fourth-order valence-corrected chi connectivity index (χ4v) is 2.59. The third-order valence-electron chi connectivity index (χ3n) is 2.74. The van der Waals surface area contributed by atoms with E-state index in [4.69, 9.17) is 5.11 Å². The van der Waals surface area contributed by atoms with E-state index in [-0.39, 0.29) is 18.3 Å². The van der Waals surface area contributed by atoms with Gasteiger partial charge in [0.05, 0.1) is 10.6 Å². The molecule has 1 N–H and O–H groups in total. The van der Waals surface area contributed by atoms with Gasteiger partial charge in [0, 0.05) is 21.7 Å². The lowest BCUT2D eigenvalue weighted by atomic mass is 10.2. The Morgan fingerprint density at radius 2 is 2.22 bits per heavy atom. The Morgan fingerprint density at radius 1 is 1.56 bits per heavy atom. The van der Waals surface area contributed by atoms with Gasteiger partial charge in [-0.05, 0) is 41.5 Å². The van der Waals surface area contributed by atoms with Crippen LogP contribution in [0.5, 0.6) is 0 Å². The van der Waals surface area contributed by atoms with Crippen molar-refractivity contribution in [2.75, 3.05) is 11.4 Å². The molecule has 1 aromatic rings. The van der Waals surface area contributed by atoms with E-state index < -0.39 is 10.9 Å². The predicted octanol–water partition coefficient (Wildman–Crippen LogP) is 2.25. The Kier molecular flexibility index (Phi) is 3.69. The van der Waals surface area contributed by atoms with Gasteiger partial charge in [-0.3, -0.25) is 14.9 Å². The Labute approximate surface area is 117 Å². The topological polar surface area (TPSA) is 83.7 Å². The summed E-state index contributed by atoms with van der Waals surface area (Å²) < 4.78 is 0.704. The molecule has 2 rings (SSSR count). The van der Waals surface area contributed by atoms with Crippen molar-refractivity contribution in [3.8, 4) is 0 Å². The number of anilines is 1. The van der Waals surface area contributed by atoms with Gasteiger partial charge in [-0.1, -0.05) is 0 Å². The molecule has 96 valence electrons. The van der Waals surface area contributed by atoms with Crippen LogP contribution in [-0.4, -0.2) is 28.6 Å². The molecule has 1 aromatic carbocycles. The number of carboxylic acid groups (broad SMARTS) is 1. The third-order valence-corrected chi connectivity index (χ3v) is 3.61. The van der Waals surface area contributed by atoms with Crippen molar-refractivity contribution < 1.29 is 14.8 Å². The van der Waals surface area contributed by atoms with Crippen molar-refractivity contribution >= 4 is 39.9 Å². The van der Waals surface area contributed by atoms with Crippen molar-refractivity contribution in [2.24, 2.45) is 0 Å². The zero-order valence-electron chi connectivity index (χ0n) is 9.38. The van der Waals surface area contributed by atoms with Gasteiger partial charge in [0.2, 0.25) is 0 Å². The van der Waals surface area contributed by atoms with Crippen LogP contribution < -0.4 is 4.90 Å². The van der Waals surface area contributed by atoms with Crippen molar-refractivity contribution in [1.82, 2.24) is 0 Å². The minimum atomic E-state index is -0.893. The van der Waals surface area contributed by atoms with E-state index in [0.717, 1.165) is 18.5 Å². The molecular formula is C11H11IN2O4. The minimum Gasteiger partial charge on any atom is -0.480 e. The second-order valence-corrected chi connectivity index (χ2v) is 5.31. The van der Waals surface area contributed by atoms with Crippen LogP contribution in [0.25, 0.3) is 0 Å². The molecule has 0 bridgehead atoms. The predicted molar refractivity (Wildman–Crippen MR) is 73.8 cm³/mol. The zero-order valence-corrected chi connectivity index (χ0v) is 11.5. The Morgan fingerprint density at radius 3 is 2.67 bits per heavy atom. The van der Waals surface area contributed by atoms with E-state index in [1.54, 1.807) is 11.0 Å². The molecule has 1 aliphatic carbocycles. The first-order chi connectivity index (χ1) is 8.49. The highest BCUT2D eigenvalue weighted by Gasteiger charge is 2.31. The SMILES string of the molecule is O=C(O)CN(c1ccc([N+](=O)[O-])cc1I)C1CC1. The van der Waals surface area contributed by atoms with E-state index >= 15 is 0 Å². The summed E-state index contributed by atoms with van der Waals surface area (Å²) in [6.07, 6.45) is 1.95. The van der Waals surface area contributed by atoms with Gasteiger partial charge in [0.15, 0.2) is 0 Å². The van der Waals surface area contributed by atoms with Gasteiger partial charge in [-0.25, -0.2) is 0 Å². The van der Waals surface area contributed by atoms with Gasteiger partial charge in [-0.15, -0.1) is 0 Å². The highest BCUT2D eigenvalue weighted by Crippen LogP contribution is 2.35. The summed E-state index contributed by atoms with van der Waals surface area (Å²) in [5.74, 6) is -0.893. The Hall–Kier alpha value is -1.38. The fraction of sp³-hybridized carbons (Fsp3) is 0.364. The highest BCUT2D eigenvalue weighted by atomic mass is 127. The maximum Gasteiger partial charge on any atom is 0.323 e. The maximum absolute atomic E-state index is 10.8. The first-order valence-electron chi connectivity index (χ1n) is 5.41. The lowest BCUT2D eigenvalue weighted by Crippen LogP contribution is -2.32. The molecule has 0 aliphatic heterocycles. The molecule has 0 radical (unpaired) electrons. The van der Waals surface area contributed by atoms with Crippen LogP contribution in [0, 0.1) is 13.7 Å². The number of benzene rings is 1. The number of rotatable bonds is 5. The monoisotopic (exact) mass is 362 g/mol. The largest absolute Gasteiger partial charge is 0.480 e. The molecule has 18 heavy (non-hydrogen) atoms. The van der Waals surface area contributed by atoms with Crippen LogP contribution >= 0.6 is 22.6 Å². The zero-order chi connectivity index (χ0) is 13.3. The van der Waals surface area contributed by atoms with Gasteiger partial charge in [-0.2, -0.15) is 0 Å². The van der Waals surface area contributed by atoms with Crippen molar-refractivity contribution in [1.29, 1.82) is 0 Å². The van der Waals surface area contributed by atoms with Crippen molar-refractivity contribution in [3.05, 3.63) is 31.9 Å². The number of nitro groups is 1. The van der Waals surface area contributed by atoms with E-state index in [0.29, 0.717) is 3.57 Å². The van der Waals surface area contributed by atoms with Crippen molar-refractivity contribution in [2.45, 2.75) is 18.9 Å².